The highest BCUT2D eigenvalue weighted by atomic mass is 16.5. The van der Waals surface area contributed by atoms with Gasteiger partial charge in [-0.2, -0.15) is 5.10 Å². The summed E-state index contributed by atoms with van der Waals surface area (Å²) in [5.74, 6) is -0.374. The number of rotatable bonds is 5. The summed E-state index contributed by atoms with van der Waals surface area (Å²) in [6.45, 7) is 3.23. The van der Waals surface area contributed by atoms with Crippen molar-refractivity contribution in [3.05, 3.63) is 17.5 Å². The van der Waals surface area contributed by atoms with Crippen molar-refractivity contribution in [1.29, 1.82) is 0 Å². The Bertz CT molecular complexity index is 498. The smallest absolute Gasteiger partial charge is 0.341 e. The van der Waals surface area contributed by atoms with Gasteiger partial charge in [0.1, 0.15) is 5.56 Å². The van der Waals surface area contributed by atoms with Gasteiger partial charge in [0.2, 0.25) is 5.91 Å². The molecule has 0 aliphatic carbocycles. The second-order valence-corrected chi connectivity index (χ2v) is 4.72. The number of nitrogens with zero attached hydrogens (tertiary/aromatic N) is 2. The van der Waals surface area contributed by atoms with Crippen LogP contribution < -0.4 is 10.6 Å². The van der Waals surface area contributed by atoms with Gasteiger partial charge in [0.15, 0.2) is 0 Å². The molecule has 1 saturated heterocycles. The summed E-state index contributed by atoms with van der Waals surface area (Å²) in [5, 5.41) is 10.1. The molecule has 0 radical (unpaired) electrons. The Hall–Kier alpha value is -1.89. The summed E-state index contributed by atoms with van der Waals surface area (Å²) in [5.41, 5.74) is 1.17. The van der Waals surface area contributed by atoms with Gasteiger partial charge in [-0.25, -0.2) is 4.79 Å². The monoisotopic (exact) mass is 280 g/mol. The van der Waals surface area contributed by atoms with E-state index in [1.165, 1.54) is 6.20 Å². The number of esters is 1. The molecule has 0 aromatic carbocycles. The molecule has 2 rings (SSSR count). The fraction of sp³-hybridized carbons (Fsp3) is 0.615. The Morgan fingerprint density at radius 3 is 3.15 bits per heavy atom. The van der Waals surface area contributed by atoms with Gasteiger partial charge < -0.3 is 15.4 Å². The van der Waals surface area contributed by atoms with Crippen LogP contribution in [0, 0.1) is 0 Å². The molecule has 1 aliphatic heterocycles. The van der Waals surface area contributed by atoms with Crippen molar-refractivity contribution in [3.8, 4) is 0 Å². The maximum atomic E-state index is 11.8. The Kier molecular flexibility index (Phi) is 4.73. The number of hydrogen-bond acceptors (Lipinski definition) is 5. The van der Waals surface area contributed by atoms with Crippen LogP contribution >= 0.6 is 0 Å². The lowest BCUT2D eigenvalue weighted by atomic mass is 10.1. The lowest BCUT2D eigenvalue weighted by Gasteiger charge is -2.23. The zero-order chi connectivity index (χ0) is 14.5. The predicted molar refractivity (Wildman–Crippen MR) is 72.0 cm³/mol. The molecule has 2 heterocycles. The van der Waals surface area contributed by atoms with Crippen LogP contribution in [0.15, 0.2) is 6.20 Å². The number of ether oxygens (including phenoxy) is 1. The number of aryl methyl sites for hydroxylation is 1. The number of carbonyl (C=O) groups excluding carboxylic acids is 2. The molecule has 1 aromatic rings. The second kappa shape index (κ2) is 6.51. The fourth-order valence-corrected chi connectivity index (χ4v) is 2.24. The van der Waals surface area contributed by atoms with E-state index in [2.05, 4.69) is 15.7 Å². The van der Waals surface area contributed by atoms with E-state index in [4.69, 9.17) is 4.74 Å². The van der Waals surface area contributed by atoms with Crippen LogP contribution in [0.25, 0.3) is 0 Å². The number of amides is 1. The Morgan fingerprint density at radius 2 is 2.45 bits per heavy atom. The normalized spacial score (nSPS) is 18.7. The molecule has 0 bridgehead atoms. The average Bonchev–Trinajstić information content (AvgIpc) is 2.79. The van der Waals surface area contributed by atoms with E-state index >= 15 is 0 Å². The molecule has 1 aromatic heterocycles. The summed E-state index contributed by atoms with van der Waals surface area (Å²) in [6.07, 6.45) is 3.26. The van der Waals surface area contributed by atoms with E-state index in [0.29, 0.717) is 18.7 Å². The van der Waals surface area contributed by atoms with Crippen LogP contribution in [0.3, 0.4) is 0 Å². The van der Waals surface area contributed by atoms with Gasteiger partial charge >= 0.3 is 5.97 Å². The van der Waals surface area contributed by atoms with Gasteiger partial charge in [-0.3, -0.25) is 9.48 Å². The van der Waals surface area contributed by atoms with Crippen molar-refractivity contribution < 1.29 is 14.3 Å². The van der Waals surface area contributed by atoms with Crippen LogP contribution in [0.4, 0.5) is 0 Å². The molecule has 7 nitrogen and oxygen atoms in total. The SMILES string of the molecule is CCOC(=O)c1cnn(C)c1CNC1CCCNC1=O. The second-order valence-electron chi connectivity index (χ2n) is 4.72. The topological polar surface area (TPSA) is 85.2 Å². The van der Waals surface area contributed by atoms with Crippen molar-refractivity contribution >= 4 is 11.9 Å². The van der Waals surface area contributed by atoms with Gasteiger partial charge in [0.05, 0.1) is 24.5 Å². The number of piperidine rings is 1. The zero-order valence-electron chi connectivity index (χ0n) is 11.8. The molecular weight excluding hydrogens is 260 g/mol. The van der Waals surface area contributed by atoms with Gasteiger partial charge in [-0.15, -0.1) is 0 Å². The third kappa shape index (κ3) is 3.16. The van der Waals surface area contributed by atoms with Crippen LogP contribution in [0.5, 0.6) is 0 Å². The fourth-order valence-electron chi connectivity index (χ4n) is 2.24. The molecule has 0 spiro atoms. The minimum atomic E-state index is -0.384. The number of hydrogen-bond donors (Lipinski definition) is 2. The maximum Gasteiger partial charge on any atom is 0.341 e. The van der Waals surface area contributed by atoms with E-state index in [9.17, 15) is 9.59 Å². The third-order valence-electron chi connectivity index (χ3n) is 3.36. The van der Waals surface area contributed by atoms with Gasteiger partial charge in [0.25, 0.3) is 0 Å². The molecule has 1 unspecified atom stereocenters. The molecule has 1 amide bonds. The predicted octanol–water partition coefficient (Wildman–Crippen LogP) is -0.0350. The maximum absolute atomic E-state index is 11.8. The summed E-state index contributed by atoms with van der Waals surface area (Å²) < 4.78 is 6.62. The summed E-state index contributed by atoms with van der Waals surface area (Å²) in [6, 6.07) is -0.214. The van der Waals surface area contributed by atoms with E-state index in [-0.39, 0.29) is 17.9 Å². The van der Waals surface area contributed by atoms with Crippen molar-refractivity contribution in [3.63, 3.8) is 0 Å². The first-order chi connectivity index (χ1) is 9.63. The molecule has 110 valence electrons. The molecule has 1 fully saturated rings. The highest BCUT2D eigenvalue weighted by Gasteiger charge is 2.23. The van der Waals surface area contributed by atoms with E-state index < -0.39 is 0 Å². The van der Waals surface area contributed by atoms with Gasteiger partial charge in [-0.05, 0) is 19.8 Å². The molecular formula is C13H20N4O3. The van der Waals surface area contributed by atoms with E-state index in [1.807, 2.05) is 0 Å². The van der Waals surface area contributed by atoms with E-state index in [0.717, 1.165) is 25.1 Å². The lowest BCUT2D eigenvalue weighted by molar-refractivity contribution is -0.124. The first-order valence-corrected chi connectivity index (χ1v) is 6.82. The first-order valence-electron chi connectivity index (χ1n) is 6.82. The zero-order valence-corrected chi connectivity index (χ0v) is 11.8. The summed E-state index contributed by atoms with van der Waals surface area (Å²) >= 11 is 0. The van der Waals surface area contributed by atoms with Crippen molar-refractivity contribution in [2.24, 2.45) is 7.05 Å². The van der Waals surface area contributed by atoms with Crippen molar-refractivity contribution in [2.45, 2.75) is 32.4 Å². The number of carbonyl (C=O) groups is 2. The lowest BCUT2D eigenvalue weighted by Crippen LogP contribution is -2.48. The Labute approximate surface area is 117 Å². The standard InChI is InChI=1S/C13H20N4O3/c1-3-20-13(19)9-7-16-17(2)11(9)8-15-10-5-4-6-14-12(10)18/h7,10,15H,3-6,8H2,1-2H3,(H,14,18). The molecule has 1 atom stereocenters. The molecule has 7 heteroatoms. The van der Waals surface area contributed by atoms with E-state index in [1.54, 1.807) is 18.7 Å². The first kappa shape index (κ1) is 14.5. The summed E-state index contributed by atoms with van der Waals surface area (Å²) in [7, 11) is 1.76. The van der Waals surface area contributed by atoms with Crippen LogP contribution in [0.1, 0.15) is 35.8 Å². The highest BCUT2D eigenvalue weighted by molar-refractivity contribution is 5.90. The minimum Gasteiger partial charge on any atom is -0.462 e. The van der Waals surface area contributed by atoms with Crippen LogP contribution in [-0.4, -0.2) is 40.9 Å². The molecule has 20 heavy (non-hydrogen) atoms. The van der Waals surface area contributed by atoms with Gasteiger partial charge in [-0.1, -0.05) is 0 Å². The molecule has 1 aliphatic rings. The third-order valence-corrected chi connectivity index (χ3v) is 3.36. The largest absolute Gasteiger partial charge is 0.462 e. The Morgan fingerprint density at radius 1 is 1.65 bits per heavy atom. The quantitative estimate of drug-likeness (QED) is 0.740. The van der Waals surface area contributed by atoms with Crippen molar-refractivity contribution in [2.75, 3.05) is 13.2 Å². The van der Waals surface area contributed by atoms with Crippen LogP contribution in [-0.2, 0) is 23.1 Å². The number of aromatic nitrogens is 2. The van der Waals surface area contributed by atoms with Crippen molar-refractivity contribution in [1.82, 2.24) is 20.4 Å². The van der Waals surface area contributed by atoms with Crippen LogP contribution in [0.2, 0.25) is 0 Å². The molecule has 2 N–H and O–H groups in total. The minimum absolute atomic E-state index is 0.0103. The average molecular weight is 280 g/mol. The number of nitrogens with one attached hydrogen (secondary N) is 2. The highest BCUT2D eigenvalue weighted by Crippen LogP contribution is 2.11. The molecule has 0 saturated carbocycles. The summed E-state index contributed by atoms with van der Waals surface area (Å²) in [4.78, 5) is 23.5. The van der Waals surface area contributed by atoms with Gasteiger partial charge in [0, 0.05) is 20.1 Å². The Balaban J connectivity index is 2.03.